The van der Waals surface area contributed by atoms with Crippen LogP contribution in [0.1, 0.15) is 105 Å². The highest BCUT2D eigenvalue weighted by Crippen LogP contribution is 2.34. The molecule has 4 heteroatoms. The summed E-state index contributed by atoms with van der Waals surface area (Å²) in [6, 6.07) is 0. The Kier molecular flexibility index (Phi) is 14.3. The second-order valence-corrected chi connectivity index (χ2v) is 9.21. The molecule has 0 aromatic heterocycles. The van der Waals surface area contributed by atoms with Crippen molar-refractivity contribution in [3.05, 3.63) is 0 Å². The molecule has 0 aromatic rings. The first-order valence-corrected chi connectivity index (χ1v) is 11.1. The summed E-state index contributed by atoms with van der Waals surface area (Å²) in [6.45, 7) is 10.9. The van der Waals surface area contributed by atoms with Crippen LogP contribution in [-0.2, 0) is 9.59 Å². The Hall–Kier alpha value is -1.06. The van der Waals surface area contributed by atoms with Crippen LogP contribution in [-0.4, -0.2) is 22.2 Å². The summed E-state index contributed by atoms with van der Waals surface area (Å²) in [5, 5.41) is 18.4. The molecule has 0 rings (SSSR count). The SMILES string of the molecule is CC(C)CCC(CCCCCCCC(=O)O)C(C)C(CCC(C)C)C(=O)O. The molecule has 0 aliphatic carbocycles. The van der Waals surface area contributed by atoms with Crippen LogP contribution in [0.25, 0.3) is 0 Å². The molecular weight excluding hydrogens is 340 g/mol. The normalized spacial score (nSPS) is 15.1. The topological polar surface area (TPSA) is 74.6 Å². The van der Waals surface area contributed by atoms with E-state index in [1.807, 2.05) is 0 Å². The van der Waals surface area contributed by atoms with Crippen molar-refractivity contribution in [1.82, 2.24) is 0 Å². The van der Waals surface area contributed by atoms with Crippen LogP contribution in [0, 0.1) is 29.6 Å². The molecule has 0 aliphatic rings. The molecule has 3 atom stereocenters. The van der Waals surface area contributed by atoms with Crippen LogP contribution in [0.5, 0.6) is 0 Å². The molecule has 0 aromatic carbocycles. The van der Waals surface area contributed by atoms with Crippen LogP contribution in [0.4, 0.5) is 0 Å². The fourth-order valence-electron chi connectivity index (χ4n) is 3.88. The number of rotatable bonds is 17. The Labute approximate surface area is 167 Å². The molecule has 2 N–H and O–H groups in total. The minimum absolute atomic E-state index is 0.215. The molecule has 0 heterocycles. The highest BCUT2D eigenvalue weighted by Gasteiger charge is 2.30. The second kappa shape index (κ2) is 14.9. The predicted octanol–water partition coefficient (Wildman–Crippen LogP) is 6.63. The largest absolute Gasteiger partial charge is 0.481 e. The summed E-state index contributed by atoms with van der Waals surface area (Å²) >= 11 is 0. The number of hydrogen-bond acceptors (Lipinski definition) is 2. The Morgan fingerprint density at radius 2 is 1.19 bits per heavy atom. The lowest BCUT2D eigenvalue weighted by atomic mass is 9.75. The van der Waals surface area contributed by atoms with Crippen molar-refractivity contribution in [2.75, 3.05) is 0 Å². The van der Waals surface area contributed by atoms with Crippen molar-refractivity contribution in [3.8, 4) is 0 Å². The number of carboxylic acids is 2. The molecule has 0 saturated heterocycles. The average molecular weight is 385 g/mol. The number of carboxylic acid groups (broad SMARTS) is 2. The van der Waals surface area contributed by atoms with Gasteiger partial charge in [-0.2, -0.15) is 0 Å². The van der Waals surface area contributed by atoms with E-state index in [1.165, 1.54) is 0 Å². The van der Waals surface area contributed by atoms with Crippen LogP contribution in [0.3, 0.4) is 0 Å². The van der Waals surface area contributed by atoms with Gasteiger partial charge in [0.25, 0.3) is 0 Å². The van der Waals surface area contributed by atoms with E-state index in [1.54, 1.807) is 0 Å². The van der Waals surface area contributed by atoms with E-state index in [0.29, 0.717) is 17.8 Å². The Balaban J connectivity index is 4.56. The summed E-state index contributed by atoms with van der Waals surface area (Å²) in [7, 11) is 0. The van der Waals surface area contributed by atoms with E-state index in [4.69, 9.17) is 5.11 Å². The molecule has 4 nitrogen and oxygen atoms in total. The molecule has 3 unspecified atom stereocenters. The van der Waals surface area contributed by atoms with Gasteiger partial charge in [0.1, 0.15) is 0 Å². The standard InChI is InChI=1S/C23H44O4/c1-17(2)13-15-20(11-9-7-6-8-10-12-22(24)25)19(5)21(23(26)27)16-14-18(3)4/h17-21H,6-16H2,1-5H3,(H,24,25)(H,26,27). The van der Waals surface area contributed by atoms with Gasteiger partial charge in [0.05, 0.1) is 5.92 Å². The molecule has 0 bridgehead atoms. The number of aliphatic carboxylic acids is 2. The van der Waals surface area contributed by atoms with E-state index >= 15 is 0 Å². The first-order valence-electron chi connectivity index (χ1n) is 11.1. The van der Waals surface area contributed by atoms with Crippen LogP contribution in [0.2, 0.25) is 0 Å². The fourth-order valence-corrected chi connectivity index (χ4v) is 3.88. The Morgan fingerprint density at radius 1 is 0.667 bits per heavy atom. The first kappa shape index (κ1) is 25.9. The first-order chi connectivity index (χ1) is 12.6. The van der Waals surface area contributed by atoms with Crippen molar-refractivity contribution in [2.24, 2.45) is 29.6 Å². The molecule has 0 spiro atoms. The third-order valence-electron chi connectivity index (χ3n) is 5.83. The van der Waals surface area contributed by atoms with Crippen molar-refractivity contribution in [2.45, 2.75) is 105 Å². The highest BCUT2D eigenvalue weighted by atomic mass is 16.4. The van der Waals surface area contributed by atoms with Gasteiger partial charge >= 0.3 is 11.9 Å². The zero-order chi connectivity index (χ0) is 20.8. The van der Waals surface area contributed by atoms with Crippen LogP contribution >= 0.6 is 0 Å². The van der Waals surface area contributed by atoms with Gasteiger partial charge < -0.3 is 10.2 Å². The molecule has 0 aliphatic heterocycles. The molecule has 0 fully saturated rings. The lowest BCUT2D eigenvalue weighted by Crippen LogP contribution is -2.28. The Morgan fingerprint density at radius 3 is 1.70 bits per heavy atom. The number of hydrogen-bond donors (Lipinski definition) is 2. The van der Waals surface area contributed by atoms with Gasteiger partial charge in [0.2, 0.25) is 0 Å². The molecule has 0 saturated carbocycles. The lowest BCUT2D eigenvalue weighted by Gasteiger charge is -2.30. The van der Waals surface area contributed by atoms with E-state index in [0.717, 1.165) is 64.2 Å². The zero-order valence-corrected chi connectivity index (χ0v) is 18.4. The monoisotopic (exact) mass is 384 g/mol. The van der Waals surface area contributed by atoms with E-state index in [9.17, 15) is 14.7 Å². The van der Waals surface area contributed by atoms with E-state index in [-0.39, 0.29) is 18.3 Å². The minimum atomic E-state index is -0.710. The smallest absolute Gasteiger partial charge is 0.306 e. The lowest BCUT2D eigenvalue weighted by molar-refractivity contribution is -0.145. The maximum Gasteiger partial charge on any atom is 0.306 e. The number of unbranched alkanes of at least 4 members (excludes halogenated alkanes) is 4. The van der Waals surface area contributed by atoms with Gasteiger partial charge in [0.15, 0.2) is 0 Å². The summed E-state index contributed by atoms with van der Waals surface area (Å²) in [6.07, 6.45) is 10.4. The zero-order valence-electron chi connectivity index (χ0n) is 18.4. The van der Waals surface area contributed by atoms with Gasteiger partial charge in [-0.3, -0.25) is 9.59 Å². The molecule has 160 valence electrons. The third-order valence-corrected chi connectivity index (χ3v) is 5.83. The molecule has 27 heavy (non-hydrogen) atoms. The summed E-state index contributed by atoms with van der Waals surface area (Å²) in [5.74, 6) is 0.297. The van der Waals surface area contributed by atoms with Crippen molar-refractivity contribution < 1.29 is 19.8 Å². The maximum atomic E-state index is 11.9. The molecular formula is C23H44O4. The quantitative estimate of drug-likeness (QED) is 0.276. The van der Waals surface area contributed by atoms with Crippen molar-refractivity contribution >= 4 is 11.9 Å². The van der Waals surface area contributed by atoms with Crippen molar-refractivity contribution in [3.63, 3.8) is 0 Å². The van der Waals surface area contributed by atoms with Gasteiger partial charge in [-0.25, -0.2) is 0 Å². The maximum absolute atomic E-state index is 11.9. The van der Waals surface area contributed by atoms with Gasteiger partial charge in [-0.1, -0.05) is 79.6 Å². The third kappa shape index (κ3) is 13.7. The molecule has 0 amide bonds. The van der Waals surface area contributed by atoms with Gasteiger partial charge in [0, 0.05) is 6.42 Å². The second-order valence-electron chi connectivity index (χ2n) is 9.21. The van der Waals surface area contributed by atoms with Crippen LogP contribution < -0.4 is 0 Å². The van der Waals surface area contributed by atoms with Crippen molar-refractivity contribution in [1.29, 1.82) is 0 Å². The van der Waals surface area contributed by atoms with Gasteiger partial charge in [-0.05, 0) is 42.9 Å². The summed E-state index contributed by atoms with van der Waals surface area (Å²) in [4.78, 5) is 22.4. The molecule has 0 radical (unpaired) electrons. The van der Waals surface area contributed by atoms with E-state index < -0.39 is 11.9 Å². The highest BCUT2D eigenvalue weighted by molar-refractivity contribution is 5.70. The van der Waals surface area contributed by atoms with E-state index in [2.05, 4.69) is 34.6 Å². The Bertz CT molecular complexity index is 403. The number of carbonyl (C=O) groups is 2. The predicted molar refractivity (Wildman–Crippen MR) is 112 cm³/mol. The average Bonchev–Trinajstić information content (AvgIpc) is 2.55. The summed E-state index contributed by atoms with van der Waals surface area (Å²) in [5.41, 5.74) is 0. The van der Waals surface area contributed by atoms with Gasteiger partial charge in [-0.15, -0.1) is 0 Å². The van der Waals surface area contributed by atoms with Crippen LogP contribution in [0.15, 0.2) is 0 Å². The minimum Gasteiger partial charge on any atom is -0.481 e. The fraction of sp³-hybridized carbons (Fsp3) is 0.913. The summed E-state index contributed by atoms with van der Waals surface area (Å²) < 4.78 is 0.